The number of carbonyl (C=O) groups excluding carboxylic acids is 1. The number of nitrogens with one attached hydrogen (secondary N) is 1. The van der Waals surface area contributed by atoms with E-state index < -0.39 is 17.7 Å². The fourth-order valence-electron chi connectivity index (χ4n) is 3.80. The Labute approximate surface area is 184 Å². The fourth-order valence-corrected chi connectivity index (χ4v) is 3.80. The molecule has 32 heavy (non-hydrogen) atoms. The average Bonchev–Trinajstić information content (AvgIpc) is 2.68. The van der Waals surface area contributed by atoms with Crippen LogP contribution in [0.25, 0.3) is 11.1 Å². The molecule has 0 aliphatic heterocycles. The van der Waals surface area contributed by atoms with Crippen LogP contribution in [0.2, 0.25) is 0 Å². The lowest BCUT2D eigenvalue weighted by atomic mass is 9.81. The molecule has 2 N–H and O–H groups in total. The molecule has 0 spiro atoms. The van der Waals surface area contributed by atoms with Crippen molar-refractivity contribution in [3.05, 3.63) is 53.1 Å². The van der Waals surface area contributed by atoms with E-state index in [1.165, 1.54) is 13.2 Å². The summed E-state index contributed by atoms with van der Waals surface area (Å²) in [5, 5.41) is 12.2. The Kier molecular flexibility index (Phi) is 7.56. The van der Waals surface area contributed by atoms with E-state index in [9.17, 15) is 22.8 Å². The van der Waals surface area contributed by atoms with Gasteiger partial charge in [-0.25, -0.2) is 0 Å². The molecule has 1 aliphatic carbocycles. The molecule has 8 heteroatoms. The number of Topliss-reactive ketones (excluding diaryl/α,β-unsaturated/α-hetero) is 1. The van der Waals surface area contributed by atoms with Crippen molar-refractivity contribution in [1.29, 1.82) is 0 Å². The molecule has 1 saturated carbocycles. The third-order valence-electron chi connectivity index (χ3n) is 5.77. The van der Waals surface area contributed by atoms with Crippen LogP contribution >= 0.6 is 0 Å². The van der Waals surface area contributed by atoms with Gasteiger partial charge in [0.05, 0.1) is 19.1 Å². The zero-order chi connectivity index (χ0) is 23.3. The summed E-state index contributed by atoms with van der Waals surface area (Å²) in [6.07, 6.45) is -1.46. The van der Waals surface area contributed by atoms with Crippen molar-refractivity contribution in [2.45, 2.75) is 44.8 Å². The van der Waals surface area contributed by atoms with Crippen LogP contribution < -0.4 is 10.1 Å². The van der Waals surface area contributed by atoms with Gasteiger partial charge in [-0.15, -0.1) is 0 Å². The van der Waals surface area contributed by atoms with Crippen molar-refractivity contribution in [1.82, 2.24) is 5.32 Å². The van der Waals surface area contributed by atoms with Crippen molar-refractivity contribution in [3.8, 4) is 16.9 Å². The van der Waals surface area contributed by atoms with Crippen molar-refractivity contribution in [2.75, 3.05) is 13.7 Å². The number of hydrogen-bond acceptors (Lipinski definition) is 4. The number of hydrogen-bond donors (Lipinski definition) is 2. The minimum Gasteiger partial charge on any atom is -0.496 e. The molecule has 0 amide bonds. The predicted molar refractivity (Wildman–Crippen MR) is 113 cm³/mol. The van der Waals surface area contributed by atoms with Crippen LogP contribution in [0.1, 0.15) is 42.4 Å². The van der Waals surface area contributed by atoms with E-state index in [0.29, 0.717) is 41.0 Å². The Balaban J connectivity index is 1.87. The minimum atomic E-state index is -4.50. The maximum absolute atomic E-state index is 13.3. The number of carboxylic acid groups (broad SMARTS) is 1. The SMILES string of the molecule is COc1ccc(CC(=O)O)cc1-c1ccc(C(F)(F)F)cc1CNCCC(=O)C1CCC1. The third kappa shape index (κ3) is 5.88. The summed E-state index contributed by atoms with van der Waals surface area (Å²) in [6, 6.07) is 8.31. The van der Waals surface area contributed by atoms with Crippen LogP contribution in [0.15, 0.2) is 36.4 Å². The summed E-state index contributed by atoms with van der Waals surface area (Å²) in [7, 11) is 1.45. The number of halogens is 3. The number of rotatable bonds is 10. The highest BCUT2D eigenvalue weighted by Crippen LogP contribution is 2.37. The normalized spacial score (nSPS) is 14.1. The van der Waals surface area contributed by atoms with Crippen LogP contribution in [-0.4, -0.2) is 30.5 Å². The van der Waals surface area contributed by atoms with E-state index in [2.05, 4.69) is 5.32 Å². The second-order valence-corrected chi connectivity index (χ2v) is 8.00. The van der Waals surface area contributed by atoms with E-state index in [1.807, 2.05) is 0 Å². The molecule has 0 saturated heterocycles. The molecule has 0 radical (unpaired) electrons. The molecule has 1 aliphatic rings. The molecule has 0 atom stereocenters. The second kappa shape index (κ2) is 10.2. The van der Waals surface area contributed by atoms with E-state index in [-0.39, 0.29) is 24.7 Å². The summed E-state index contributed by atoms with van der Waals surface area (Å²) >= 11 is 0. The molecular formula is C24H26F3NO4. The zero-order valence-corrected chi connectivity index (χ0v) is 17.8. The molecule has 172 valence electrons. The molecule has 5 nitrogen and oxygen atoms in total. The lowest BCUT2D eigenvalue weighted by Crippen LogP contribution is -2.26. The monoisotopic (exact) mass is 449 g/mol. The first-order valence-corrected chi connectivity index (χ1v) is 10.5. The maximum Gasteiger partial charge on any atom is 0.416 e. The van der Waals surface area contributed by atoms with Gasteiger partial charge in [0.1, 0.15) is 11.5 Å². The smallest absolute Gasteiger partial charge is 0.416 e. The Hall–Kier alpha value is -2.87. The summed E-state index contributed by atoms with van der Waals surface area (Å²) in [5.41, 5.74) is 1.16. The Morgan fingerprint density at radius 2 is 1.88 bits per heavy atom. The quantitative estimate of drug-likeness (QED) is 0.507. The number of methoxy groups -OCH3 is 1. The lowest BCUT2D eigenvalue weighted by molar-refractivity contribution is -0.138. The van der Waals surface area contributed by atoms with E-state index >= 15 is 0 Å². The first kappa shape index (κ1) is 23.8. The first-order chi connectivity index (χ1) is 15.2. The van der Waals surface area contributed by atoms with Gasteiger partial charge in [0.15, 0.2) is 0 Å². The van der Waals surface area contributed by atoms with Crippen molar-refractivity contribution >= 4 is 11.8 Å². The fraction of sp³-hybridized carbons (Fsp3) is 0.417. The van der Waals surface area contributed by atoms with Crippen molar-refractivity contribution in [3.63, 3.8) is 0 Å². The highest BCUT2D eigenvalue weighted by Gasteiger charge is 2.31. The standard InChI is InChI=1S/C24H26F3NO4/c1-32-22-8-5-15(12-23(30)31)11-20(22)19-7-6-18(24(25,26)27)13-17(19)14-28-10-9-21(29)16-3-2-4-16/h5-8,11,13,16,28H,2-4,9-10,12,14H2,1H3,(H,30,31). The highest BCUT2D eigenvalue weighted by atomic mass is 19.4. The first-order valence-electron chi connectivity index (χ1n) is 10.5. The van der Waals surface area contributed by atoms with Gasteiger partial charge in [0.2, 0.25) is 0 Å². The Morgan fingerprint density at radius 3 is 2.47 bits per heavy atom. The number of ketones is 1. The molecule has 2 aromatic carbocycles. The zero-order valence-electron chi connectivity index (χ0n) is 17.8. The van der Waals surface area contributed by atoms with Crippen LogP contribution in [0.3, 0.4) is 0 Å². The summed E-state index contributed by atoms with van der Waals surface area (Å²) in [5.74, 6) is -0.259. The summed E-state index contributed by atoms with van der Waals surface area (Å²) in [6.45, 7) is 0.505. The number of carboxylic acids is 1. The summed E-state index contributed by atoms with van der Waals surface area (Å²) < 4.78 is 45.4. The molecule has 3 rings (SSSR count). The molecule has 1 fully saturated rings. The molecule has 0 bridgehead atoms. The van der Waals surface area contributed by atoms with Crippen molar-refractivity contribution in [2.24, 2.45) is 5.92 Å². The number of alkyl halides is 3. The lowest BCUT2D eigenvalue weighted by Gasteiger charge is -2.23. The van der Waals surface area contributed by atoms with Crippen LogP contribution in [0.4, 0.5) is 13.2 Å². The third-order valence-corrected chi connectivity index (χ3v) is 5.77. The number of aliphatic carboxylic acids is 1. The van der Waals surface area contributed by atoms with E-state index in [0.717, 1.165) is 31.4 Å². The molecule has 0 aromatic heterocycles. The van der Waals surface area contributed by atoms with Gasteiger partial charge in [0, 0.05) is 31.0 Å². The van der Waals surface area contributed by atoms with Gasteiger partial charge < -0.3 is 15.2 Å². The van der Waals surface area contributed by atoms with Crippen molar-refractivity contribution < 1.29 is 32.6 Å². The van der Waals surface area contributed by atoms with Gasteiger partial charge in [-0.3, -0.25) is 9.59 Å². The van der Waals surface area contributed by atoms with Crippen LogP contribution in [-0.2, 0) is 28.7 Å². The summed E-state index contributed by atoms with van der Waals surface area (Å²) in [4.78, 5) is 23.2. The second-order valence-electron chi connectivity index (χ2n) is 8.00. The average molecular weight is 449 g/mol. The largest absolute Gasteiger partial charge is 0.496 e. The topological polar surface area (TPSA) is 75.6 Å². The number of ether oxygens (including phenoxy) is 1. The molecular weight excluding hydrogens is 423 g/mol. The van der Waals surface area contributed by atoms with Gasteiger partial charge in [0.25, 0.3) is 0 Å². The Bertz CT molecular complexity index is 984. The Morgan fingerprint density at radius 1 is 1.12 bits per heavy atom. The molecule has 0 unspecified atom stereocenters. The molecule has 2 aromatic rings. The number of benzene rings is 2. The van der Waals surface area contributed by atoms with E-state index in [1.54, 1.807) is 18.2 Å². The van der Waals surface area contributed by atoms with Crippen LogP contribution in [0, 0.1) is 5.92 Å². The predicted octanol–water partition coefficient (Wildman–Crippen LogP) is 4.86. The van der Waals surface area contributed by atoms with Gasteiger partial charge in [-0.1, -0.05) is 18.6 Å². The van der Waals surface area contributed by atoms with Gasteiger partial charge in [-0.05, 0) is 53.8 Å². The highest BCUT2D eigenvalue weighted by molar-refractivity contribution is 5.82. The maximum atomic E-state index is 13.3. The van der Waals surface area contributed by atoms with Gasteiger partial charge >= 0.3 is 12.1 Å². The van der Waals surface area contributed by atoms with Crippen LogP contribution in [0.5, 0.6) is 5.75 Å². The van der Waals surface area contributed by atoms with E-state index in [4.69, 9.17) is 9.84 Å². The minimum absolute atomic E-state index is 0.127. The van der Waals surface area contributed by atoms with Gasteiger partial charge in [-0.2, -0.15) is 13.2 Å². The molecule has 0 heterocycles. The number of carbonyl (C=O) groups is 2.